The lowest BCUT2D eigenvalue weighted by atomic mass is 10.1. The number of pyridine rings is 1. The molecule has 6 heteroatoms. The molecule has 0 saturated carbocycles. The first-order chi connectivity index (χ1) is 14.5. The van der Waals surface area contributed by atoms with Crippen molar-refractivity contribution in [1.82, 2.24) is 10.3 Å². The highest BCUT2D eigenvalue weighted by Crippen LogP contribution is 2.21. The number of nitrogens with one attached hydrogen (secondary N) is 3. The van der Waals surface area contributed by atoms with Crippen LogP contribution in [0.5, 0.6) is 0 Å². The fourth-order valence-corrected chi connectivity index (χ4v) is 3.41. The summed E-state index contributed by atoms with van der Waals surface area (Å²) in [5.41, 5.74) is 6.07. The molecule has 1 aromatic heterocycles. The van der Waals surface area contributed by atoms with Gasteiger partial charge in [-0.05, 0) is 79.9 Å². The Balaban J connectivity index is 1.51. The van der Waals surface area contributed by atoms with Gasteiger partial charge in [-0.3, -0.25) is 0 Å². The smallest absolute Gasteiger partial charge is 0.170 e. The lowest BCUT2D eigenvalue weighted by Crippen LogP contribution is -2.30. The third-order valence-corrected chi connectivity index (χ3v) is 5.23. The molecular weight excluding hydrogens is 390 g/mol. The SMILES string of the molecule is CCc1ccc2nc(NCCCNC(=S)Nc3cc(C)ccc3C)c(C#N)cc2c1. The number of nitriles is 1. The van der Waals surface area contributed by atoms with Crippen molar-refractivity contribution in [3.05, 3.63) is 64.7 Å². The Morgan fingerprint density at radius 1 is 1.10 bits per heavy atom. The molecule has 0 spiro atoms. The Labute approximate surface area is 183 Å². The molecule has 30 heavy (non-hydrogen) atoms. The molecule has 5 nitrogen and oxygen atoms in total. The minimum atomic E-state index is 0.566. The second-order valence-corrected chi connectivity index (χ2v) is 7.76. The van der Waals surface area contributed by atoms with Gasteiger partial charge in [-0.15, -0.1) is 0 Å². The molecule has 0 aliphatic rings. The van der Waals surface area contributed by atoms with E-state index in [0.29, 0.717) is 23.0 Å². The van der Waals surface area contributed by atoms with E-state index in [1.807, 2.05) is 12.1 Å². The third-order valence-electron chi connectivity index (χ3n) is 4.98. The van der Waals surface area contributed by atoms with Gasteiger partial charge < -0.3 is 16.0 Å². The minimum Gasteiger partial charge on any atom is -0.369 e. The van der Waals surface area contributed by atoms with Crippen LogP contribution in [0.25, 0.3) is 10.9 Å². The summed E-state index contributed by atoms with van der Waals surface area (Å²) < 4.78 is 0. The van der Waals surface area contributed by atoms with Crippen molar-refractivity contribution < 1.29 is 0 Å². The van der Waals surface area contributed by atoms with Gasteiger partial charge in [0.05, 0.1) is 11.1 Å². The summed E-state index contributed by atoms with van der Waals surface area (Å²) in [4.78, 5) is 4.64. The van der Waals surface area contributed by atoms with Gasteiger partial charge in [0.15, 0.2) is 5.11 Å². The normalized spacial score (nSPS) is 10.5. The van der Waals surface area contributed by atoms with Crippen molar-refractivity contribution in [2.45, 2.75) is 33.6 Å². The van der Waals surface area contributed by atoms with Crippen molar-refractivity contribution in [2.75, 3.05) is 23.7 Å². The molecular formula is C24H27N5S. The summed E-state index contributed by atoms with van der Waals surface area (Å²) in [5.74, 6) is 0.630. The zero-order valence-corrected chi connectivity index (χ0v) is 18.5. The van der Waals surface area contributed by atoms with Crippen LogP contribution >= 0.6 is 12.2 Å². The highest BCUT2D eigenvalue weighted by atomic mass is 32.1. The van der Waals surface area contributed by atoms with E-state index in [4.69, 9.17) is 12.2 Å². The molecule has 3 rings (SSSR count). The quantitative estimate of drug-likeness (QED) is 0.368. The van der Waals surface area contributed by atoms with Gasteiger partial charge in [-0.1, -0.05) is 25.1 Å². The van der Waals surface area contributed by atoms with Crippen LogP contribution in [0.1, 0.15) is 35.6 Å². The number of thiocarbonyl (C=S) groups is 1. The van der Waals surface area contributed by atoms with Crippen molar-refractivity contribution in [2.24, 2.45) is 0 Å². The van der Waals surface area contributed by atoms with Gasteiger partial charge in [-0.25, -0.2) is 4.98 Å². The number of aromatic nitrogens is 1. The number of fused-ring (bicyclic) bond motifs is 1. The molecule has 154 valence electrons. The Kier molecular flexibility index (Phi) is 7.21. The third kappa shape index (κ3) is 5.46. The lowest BCUT2D eigenvalue weighted by Gasteiger charge is -2.14. The predicted molar refractivity (Wildman–Crippen MR) is 129 cm³/mol. The van der Waals surface area contributed by atoms with Crippen molar-refractivity contribution in [3.8, 4) is 6.07 Å². The molecule has 0 radical (unpaired) electrons. The first-order valence-corrected chi connectivity index (χ1v) is 10.6. The predicted octanol–water partition coefficient (Wildman–Crippen LogP) is 5.07. The lowest BCUT2D eigenvalue weighted by molar-refractivity contribution is 0.807. The molecule has 0 fully saturated rings. The van der Waals surface area contributed by atoms with Crippen LogP contribution in [-0.2, 0) is 6.42 Å². The molecule has 2 aromatic carbocycles. The Bertz CT molecular complexity index is 1100. The van der Waals surface area contributed by atoms with Gasteiger partial charge in [0.25, 0.3) is 0 Å². The van der Waals surface area contributed by atoms with Crippen LogP contribution in [0.4, 0.5) is 11.5 Å². The zero-order chi connectivity index (χ0) is 21.5. The van der Waals surface area contributed by atoms with Crippen LogP contribution in [0.2, 0.25) is 0 Å². The molecule has 3 N–H and O–H groups in total. The second kappa shape index (κ2) is 10.0. The Hall–Kier alpha value is -3.17. The number of aryl methyl sites for hydroxylation is 3. The first kappa shape index (κ1) is 21.5. The maximum atomic E-state index is 9.49. The molecule has 0 aliphatic heterocycles. The summed E-state index contributed by atoms with van der Waals surface area (Å²) >= 11 is 5.40. The highest BCUT2D eigenvalue weighted by molar-refractivity contribution is 7.80. The molecule has 3 aromatic rings. The zero-order valence-electron chi connectivity index (χ0n) is 17.7. The molecule has 1 heterocycles. The summed E-state index contributed by atoms with van der Waals surface area (Å²) in [6.45, 7) is 7.65. The van der Waals surface area contributed by atoms with Gasteiger partial charge in [0, 0.05) is 24.2 Å². The molecule has 0 bridgehead atoms. The van der Waals surface area contributed by atoms with Crippen LogP contribution in [0.3, 0.4) is 0 Å². The molecule has 0 amide bonds. The molecule has 0 saturated heterocycles. The monoisotopic (exact) mass is 417 g/mol. The van der Waals surface area contributed by atoms with Gasteiger partial charge in [-0.2, -0.15) is 5.26 Å². The summed E-state index contributed by atoms with van der Waals surface area (Å²) in [6, 6.07) is 16.6. The average molecular weight is 418 g/mol. The topological polar surface area (TPSA) is 72.8 Å². The van der Waals surface area contributed by atoms with Crippen molar-refractivity contribution in [3.63, 3.8) is 0 Å². The Morgan fingerprint density at radius 2 is 1.93 bits per heavy atom. The van der Waals surface area contributed by atoms with Crippen molar-refractivity contribution >= 4 is 39.7 Å². The molecule has 0 unspecified atom stereocenters. The van der Waals surface area contributed by atoms with Crippen LogP contribution in [-0.4, -0.2) is 23.2 Å². The number of rotatable bonds is 7. The highest BCUT2D eigenvalue weighted by Gasteiger charge is 2.07. The van der Waals surface area contributed by atoms with E-state index < -0.39 is 0 Å². The number of anilines is 2. The minimum absolute atomic E-state index is 0.566. The van der Waals surface area contributed by atoms with E-state index in [-0.39, 0.29) is 0 Å². The number of nitrogens with zero attached hydrogens (tertiary/aromatic N) is 2. The summed E-state index contributed by atoms with van der Waals surface area (Å²) in [7, 11) is 0. The van der Waals surface area contributed by atoms with Crippen LogP contribution in [0.15, 0.2) is 42.5 Å². The van der Waals surface area contributed by atoms with E-state index >= 15 is 0 Å². The maximum absolute atomic E-state index is 9.49. The van der Waals surface area contributed by atoms with E-state index in [1.54, 1.807) is 0 Å². The summed E-state index contributed by atoms with van der Waals surface area (Å²) in [5, 5.41) is 20.9. The number of benzene rings is 2. The van der Waals surface area contributed by atoms with E-state index in [9.17, 15) is 5.26 Å². The fraction of sp³-hybridized carbons (Fsp3) is 0.292. The van der Waals surface area contributed by atoms with Crippen molar-refractivity contribution in [1.29, 1.82) is 5.26 Å². The largest absolute Gasteiger partial charge is 0.369 e. The van der Waals surface area contributed by atoms with Crippen LogP contribution in [0, 0.1) is 25.2 Å². The number of hydrogen-bond acceptors (Lipinski definition) is 4. The van der Waals surface area contributed by atoms with E-state index in [2.05, 4.69) is 78.1 Å². The van der Waals surface area contributed by atoms with Gasteiger partial charge in [0.1, 0.15) is 11.9 Å². The van der Waals surface area contributed by atoms with E-state index in [0.717, 1.165) is 41.5 Å². The average Bonchev–Trinajstić information content (AvgIpc) is 2.75. The fourth-order valence-electron chi connectivity index (χ4n) is 3.20. The second-order valence-electron chi connectivity index (χ2n) is 7.36. The first-order valence-electron chi connectivity index (χ1n) is 10.2. The van der Waals surface area contributed by atoms with Crippen LogP contribution < -0.4 is 16.0 Å². The Morgan fingerprint density at radius 3 is 2.70 bits per heavy atom. The molecule has 0 aliphatic carbocycles. The molecule has 0 atom stereocenters. The van der Waals surface area contributed by atoms with Gasteiger partial charge >= 0.3 is 0 Å². The van der Waals surface area contributed by atoms with E-state index in [1.165, 1.54) is 11.1 Å². The summed E-state index contributed by atoms with van der Waals surface area (Å²) in [6.07, 6.45) is 1.80. The van der Waals surface area contributed by atoms with Gasteiger partial charge in [0.2, 0.25) is 0 Å². The standard InChI is InChI=1S/C24H27N5S/c1-4-18-8-9-21-19(13-18)14-20(15-25)23(28-21)26-10-5-11-27-24(30)29-22-12-16(2)6-7-17(22)3/h6-9,12-14H,4-5,10-11H2,1-3H3,(H,26,28)(H2,27,29,30). The number of hydrogen-bond donors (Lipinski definition) is 3. The maximum Gasteiger partial charge on any atom is 0.170 e.